The van der Waals surface area contributed by atoms with Gasteiger partial charge in [-0.1, -0.05) is 18.2 Å². The molecule has 0 aromatic heterocycles. The van der Waals surface area contributed by atoms with E-state index < -0.39 is 12.3 Å². The molecule has 2 N–H and O–H groups in total. The van der Waals surface area contributed by atoms with E-state index in [9.17, 15) is 23.1 Å². The molecule has 3 aromatic rings. The summed E-state index contributed by atoms with van der Waals surface area (Å²) in [7, 11) is 0. The number of ether oxygens (including phenoxy) is 1. The Morgan fingerprint density at radius 3 is 2.28 bits per heavy atom. The van der Waals surface area contributed by atoms with Crippen molar-refractivity contribution in [1.29, 1.82) is 0 Å². The number of carboxylic acid groups (broad SMARTS) is 1. The minimum Gasteiger partial charge on any atom is -0.478 e. The van der Waals surface area contributed by atoms with Crippen molar-refractivity contribution in [3.63, 3.8) is 0 Å². The zero-order valence-corrected chi connectivity index (χ0v) is 12.7. The molecule has 0 aliphatic heterocycles. The predicted octanol–water partition coefficient (Wildman–Crippen LogP) is 5.18. The van der Waals surface area contributed by atoms with Gasteiger partial charge in [-0.05, 0) is 53.2 Å². The third kappa shape index (κ3) is 4.00. The van der Waals surface area contributed by atoms with Crippen LogP contribution in [0.4, 0.5) is 24.5 Å². The minimum absolute atomic E-state index is 0.206. The lowest BCUT2D eigenvalue weighted by molar-refractivity contribution is -0.274. The molecule has 0 unspecified atom stereocenters. The summed E-state index contributed by atoms with van der Waals surface area (Å²) in [5, 5.41) is 13.6. The molecule has 7 heteroatoms. The summed E-state index contributed by atoms with van der Waals surface area (Å²) < 4.78 is 40.3. The summed E-state index contributed by atoms with van der Waals surface area (Å²) in [5.41, 5.74) is 1.46. The van der Waals surface area contributed by atoms with Crippen molar-refractivity contribution in [3.8, 4) is 5.75 Å². The van der Waals surface area contributed by atoms with Crippen LogP contribution in [-0.4, -0.2) is 17.4 Å². The quantitative estimate of drug-likeness (QED) is 0.683. The fraction of sp³-hybridized carbons (Fsp3) is 0.0556. The number of rotatable bonds is 4. The Morgan fingerprint density at radius 1 is 0.960 bits per heavy atom. The first-order valence-corrected chi connectivity index (χ1v) is 7.21. The number of carboxylic acids is 1. The van der Waals surface area contributed by atoms with E-state index in [1.807, 2.05) is 0 Å². The van der Waals surface area contributed by atoms with Crippen molar-refractivity contribution in [3.05, 3.63) is 66.2 Å². The molecule has 0 aliphatic rings. The Kier molecular flexibility index (Phi) is 4.22. The van der Waals surface area contributed by atoms with Gasteiger partial charge >= 0.3 is 12.3 Å². The van der Waals surface area contributed by atoms with Crippen LogP contribution in [0.2, 0.25) is 0 Å². The second kappa shape index (κ2) is 6.35. The number of alkyl halides is 3. The largest absolute Gasteiger partial charge is 0.573 e. The Bertz CT molecular complexity index is 921. The van der Waals surface area contributed by atoms with E-state index >= 15 is 0 Å². The number of fused-ring (bicyclic) bond motifs is 1. The lowest BCUT2D eigenvalue weighted by Gasteiger charge is -2.11. The summed E-state index contributed by atoms with van der Waals surface area (Å²) in [6, 6.07) is 15.4. The van der Waals surface area contributed by atoms with Crippen molar-refractivity contribution >= 4 is 28.1 Å². The van der Waals surface area contributed by atoms with Crippen LogP contribution in [0.5, 0.6) is 5.75 Å². The van der Waals surface area contributed by atoms with Crippen molar-refractivity contribution < 1.29 is 27.8 Å². The topological polar surface area (TPSA) is 58.6 Å². The molecule has 0 radical (unpaired) electrons. The van der Waals surface area contributed by atoms with Crippen LogP contribution >= 0.6 is 0 Å². The van der Waals surface area contributed by atoms with Gasteiger partial charge in [0.2, 0.25) is 0 Å². The fourth-order valence-corrected chi connectivity index (χ4v) is 2.45. The van der Waals surface area contributed by atoms with Gasteiger partial charge in [-0.25, -0.2) is 4.79 Å². The second-order valence-corrected chi connectivity index (χ2v) is 5.24. The smallest absolute Gasteiger partial charge is 0.478 e. The third-order valence-corrected chi connectivity index (χ3v) is 3.49. The van der Waals surface area contributed by atoms with Crippen LogP contribution in [-0.2, 0) is 0 Å². The lowest BCUT2D eigenvalue weighted by atomic mass is 10.0. The first-order valence-electron chi connectivity index (χ1n) is 7.21. The first-order chi connectivity index (χ1) is 11.8. The molecule has 0 spiro atoms. The molecule has 0 heterocycles. The van der Waals surface area contributed by atoms with E-state index in [1.54, 1.807) is 30.3 Å². The highest BCUT2D eigenvalue weighted by Gasteiger charge is 2.30. The van der Waals surface area contributed by atoms with Gasteiger partial charge in [0, 0.05) is 11.4 Å². The van der Waals surface area contributed by atoms with Crippen molar-refractivity contribution in [2.75, 3.05) is 5.32 Å². The highest BCUT2D eigenvalue weighted by atomic mass is 19.4. The van der Waals surface area contributed by atoms with Crippen LogP contribution in [0, 0.1) is 0 Å². The van der Waals surface area contributed by atoms with E-state index in [0.717, 1.165) is 5.39 Å². The minimum atomic E-state index is -4.73. The maximum absolute atomic E-state index is 12.1. The summed E-state index contributed by atoms with van der Waals surface area (Å²) in [4.78, 5) is 11.2. The number of hydrogen-bond acceptors (Lipinski definition) is 3. The van der Waals surface area contributed by atoms with Gasteiger partial charge in [0.1, 0.15) is 5.75 Å². The van der Waals surface area contributed by atoms with Gasteiger partial charge in [0.05, 0.1) is 5.56 Å². The fourth-order valence-electron chi connectivity index (χ4n) is 2.45. The first kappa shape index (κ1) is 16.6. The molecule has 128 valence electrons. The van der Waals surface area contributed by atoms with Gasteiger partial charge in [-0.15, -0.1) is 13.2 Å². The molecule has 0 fully saturated rings. The summed E-state index contributed by atoms with van der Waals surface area (Å²) >= 11 is 0. The van der Waals surface area contributed by atoms with Gasteiger partial charge < -0.3 is 15.2 Å². The monoisotopic (exact) mass is 347 g/mol. The standard InChI is InChI=1S/C18H12F3NO3/c19-18(20,21)25-14-7-4-12(5-8-14)22-13-6-9-15-11(10-13)2-1-3-16(15)17(23)24/h1-10,22H,(H,23,24). The van der Waals surface area contributed by atoms with Crippen LogP contribution in [0.25, 0.3) is 10.8 Å². The summed E-state index contributed by atoms with van der Waals surface area (Å²) in [6.45, 7) is 0. The average molecular weight is 347 g/mol. The maximum atomic E-state index is 12.1. The van der Waals surface area contributed by atoms with E-state index in [0.29, 0.717) is 16.8 Å². The van der Waals surface area contributed by atoms with Crippen LogP contribution < -0.4 is 10.1 Å². The number of nitrogens with one attached hydrogen (secondary N) is 1. The highest BCUT2D eigenvalue weighted by molar-refractivity contribution is 6.04. The number of benzene rings is 3. The maximum Gasteiger partial charge on any atom is 0.573 e. The summed E-state index contributed by atoms with van der Waals surface area (Å²) in [5.74, 6) is -1.31. The molecule has 25 heavy (non-hydrogen) atoms. The molecular formula is C18H12F3NO3. The van der Waals surface area contributed by atoms with Crippen molar-refractivity contribution in [1.82, 2.24) is 0 Å². The van der Waals surface area contributed by atoms with Crippen LogP contribution in [0.3, 0.4) is 0 Å². The zero-order chi connectivity index (χ0) is 18.0. The normalized spacial score (nSPS) is 11.3. The molecule has 0 saturated carbocycles. The van der Waals surface area contributed by atoms with E-state index in [-0.39, 0.29) is 11.3 Å². The average Bonchev–Trinajstić information content (AvgIpc) is 2.54. The molecule has 0 saturated heterocycles. The number of carbonyl (C=O) groups is 1. The second-order valence-electron chi connectivity index (χ2n) is 5.24. The Morgan fingerprint density at radius 2 is 1.64 bits per heavy atom. The Hall–Kier alpha value is -3.22. The molecule has 4 nitrogen and oxygen atoms in total. The van der Waals surface area contributed by atoms with Gasteiger partial charge in [0.25, 0.3) is 0 Å². The Balaban J connectivity index is 1.82. The van der Waals surface area contributed by atoms with Gasteiger partial charge in [-0.3, -0.25) is 0 Å². The lowest BCUT2D eigenvalue weighted by Crippen LogP contribution is -2.16. The number of hydrogen-bond donors (Lipinski definition) is 2. The molecular weight excluding hydrogens is 335 g/mol. The SMILES string of the molecule is O=C(O)c1cccc2cc(Nc3ccc(OC(F)(F)F)cc3)ccc12. The number of aromatic carboxylic acids is 1. The van der Waals surface area contributed by atoms with Gasteiger partial charge in [-0.2, -0.15) is 0 Å². The van der Waals surface area contributed by atoms with E-state index in [2.05, 4.69) is 10.1 Å². The van der Waals surface area contributed by atoms with Gasteiger partial charge in [0.15, 0.2) is 0 Å². The third-order valence-electron chi connectivity index (χ3n) is 3.49. The van der Waals surface area contributed by atoms with E-state index in [4.69, 9.17) is 0 Å². The van der Waals surface area contributed by atoms with Crippen LogP contribution in [0.1, 0.15) is 10.4 Å². The number of halogens is 3. The Labute approximate surface area is 140 Å². The predicted molar refractivity (Wildman–Crippen MR) is 87.3 cm³/mol. The molecule has 0 amide bonds. The molecule has 3 rings (SSSR count). The zero-order valence-electron chi connectivity index (χ0n) is 12.7. The van der Waals surface area contributed by atoms with E-state index in [1.165, 1.54) is 30.3 Å². The summed E-state index contributed by atoms with van der Waals surface area (Å²) in [6.07, 6.45) is -4.73. The number of anilines is 2. The van der Waals surface area contributed by atoms with Crippen molar-refractivity contribution in [2.45, 2.75) is 6.36 Å². The molecule has 3 aromatic carbocycles. The molecule has 0 aliphatic carbocycles. The molecule has 0 atom stereocenters. The highest BCUT2D eigenvalue weighted by Crippen LogP contribution is 2.27. The molecule has 0 bridgehead atoms. The van der Waals surface area contributed by atoms with Crippen LogP contribution in [0.15, 0.2) is 60.7 Å². The van der Waals surface area contributed by atoms with Crippen molar-refractivity contribution in [2.24, 2.45) is 0 Å².